The van der Waals surface area contributed by atoms with Crippen LogP contribution in [0.1, 0.15) is 29.7 Å². The Hall–Kier alpha value is -1.32. The number of para-hydroxylation sites is 1. The minimum atomic E-state index is 0.116. The van der Waals surface area contributed by atoms with Gasteiger partial charge in [0.15, 0.2) is 0 Å². The molecule has 0 spiro atoms. The zero-order valence-electron chi connectivity index (χ0n) is 12.1. The SMILES string of the molecule is CCNC(c1ccccc1OC)c1cccc(C)c1Br. The van der Waals surface area contributed by atoms with E-state index in [1.807, 2.05) is 18.2 Å². The van der Waals surface area contributed by atoms with Crippen molar-refractivity contribution in [2.75, 3.05) is 13.7 Å². The third-order valence-electron chi connectivity index (χ3n) is 3.39. The Labute approximate surface area is 129 Å². The molecule has 20 heavy (non-hydrogen) atoms. The molecule has 0 radical (unpaired) electrons. The minimum Gasteiger partial charge on any atom is -0.496 e. The van der Waals surface area contributed by atoms with E-state index in [1.54, 1.807) is 7.11 Å². The second-order valence-electron chi connectivity index (χ2n) is 4.71. The molecule has 0 saturated carbocycles. The highest BCUT2D eigenvalue weighted by molar-refractivity contribution is 9.10. The van der Waals surface area contributed by atoms with Crippen molar-refractivity contribution in [3.8, 4) is 5.75 Å². The van der Waals surface area contributed by atoms with E-state index < -0.39 is 0 Å². The maximum Gasteiger partial charge on any atom is 0.123 e. The molecule has 0 aliphatic heterocycles. The Balaban J connectivity index is 2.53. The standard InChI is InChI=1S/C17H20BrNO/c1-4-19-17(13-9-5-6-11-15(13)20-3)14-10-7-8-12(2)16(14)18/h5-11,17,19H,4H2,1-3H3. The molecular formula is C17H20BrNO. The van der Waals surface area contributed by atoms with Gasteiger partial charge in [-0.15, -0.1) is 0 Å². The fourth-order valence-electron chi connectivity index (χ4n) is 2.39. The van der Waals surface area contributed by atoms with Crippen LogP contribution in [0.5, 0.6) is 5.75 Å². The van der Waals surface area contributed by atoms with Crippen molar-refractivity contribution >= 4 is 15.9 Å². The van der Waals surface area contributed by atoms with Crippen LogP contribution in [0.15, 0.2) is 46.9 Å². The zero-order chi connectivity index (χ0) is 14.5. The average molecular weight is 334 g/mol. The number of benzene rings is 2. The summed E-state index contributed by atoms with van der Waals surface area (Å²) in [6.45, 7) is 5.12. The second-order valence-corrected chi connectivity index (χ2v) is 5.50. The highest BCUT2D eigenvalue weighted by Crippen LogP contribution is 2.34. The Morgan fingerprint density at radius 3 is 2.50 bits per heavy atom. The van der Waals surface area contributed by atoms with E-state index in [2.05, 4.69) is 59.4 Å². The number of rotatable bonds is 5. The number of hydrogen-bond donors (Lipinski definition) is 1. The number of hydrogen-bond acceptors (Lipinski definition) is 2. The van der Waals surface area contributed by atoms with Crippen LogP contribution in [-0.2, 0) is 0 Å². The zero-order valence-corrected chi connectivity index (χ0v) is 13.7. The topological polar surface area (TPSA) is 21.3 Å². The van der Waals surface area contributed by atoms with Crippen molar-refractivity contribution in [1.29, 1.82) is 0 Å². The van der Waals surface area contributed by atoms with E-state index in [9.17, 15) is 0 Å². The number of methoxy groups -OCH3 is 1. The van der Waals surface area contributed by atoms with Crippen molar-refractivity contribution in [2.45, 2.75) is 19.9 Å². The molecule has 1 N–H and O–H groups in total. The maximum absolute atomic E-state index is 5.51. The molecule has 3 heteroatoms. The van der Waals surface area contributed by atoms with Crippen molar-refractivity contribution in [3.63, 3.8) is 0 Å². The van der Waals surface area contributed by atoms with Gasteiger partial charge in [-0.25, -0.2) is 0 Å². The van der Waals surface area contributed by atoms with Gasteiger partial charge in [-0.2, -0.15) is 0 Å². The van der Waals surface area contributed by atoms with E-state index >= 15 is 0 Å². The number of ether oxygens (including phenoxy) is 1. The largest absolute Gasteiger partial charge is 0.496 e. The molecule has 0 aliphatic rings. The van der Waals surface area contributed by atoms with Crippen LogP contribution in [0.4, 0.5) is 0 Å². The van der Waals surface area contributed by atoms with Crippen LogP contribution >= 0.6 is 15.9 Å². The summed E-state index contributed by atoms with van der Waals surface area (Å²) in [4.78, 5) is 0. The first-order valence-corrected chi connectivity index (χ1v) is 7.59. The Morgan fingerprint density at radius 2 is 1.80 bits per heavy atom. The van der Waals surface area contributed by atoms with E-state index in [0.717, 1.165) is 22.3 Å². The van der Waals surface area contributed by atoms with Gasteiger partial charge in [0, 0.05) is 10.0 Å². The lowest BCUT2D eigenvalue weighted by Gasteiger charge is -2.23. The monoisotopic (exact) mass is 333 g/mol. The van der Waals surface area contributed by atoms with E-state index in [4.69, 9.17) is 4.74 Å². The second kappa shape index (κ2) is 6.91. The molecule has 1 atom stereocenters. The van der Waals surface area contributed by atoms with E-state index in [0.29, 0.717) is 0 Å². The average Bonchev–Trinajstić information content (AvgIpc) is 2.48. The van der Waals surface area contributed by atoms with Crippen LogP contribution in [0.3, 0.4) is 0 Å². The first kappa shape index (κ1) is 15.1. The fraction of sp³-hybridized carbons (Fsp3) is 0.294. The number of nitrogens with one attached hydrogen (secondary N) is 1. The molecule has 0 fully saturated rings. The molecule has 0 saturated heterocycles. The van der Waals surface area contributed by atoms with Gasteiger partial charge in [0.25, 0.3) is 0 Å². The quantitative estimate of drug-likeness (QED) is 0.871. The van der Waals surface area contributed by atoms with E-state index in [-0.39, 0.29) is 6.04 Å². The molecule has 1 unspecified atom stereocenters. The highest BCUT2D eigenvalue weighted by Gasteiger charge is 2.19. The molecule has 0 bridgehead atoms. The van der Waals surface area contributed by atoms with Crippen molar-refractivity contribution < 1.29 is 4.74 Å². The molecule has 0 aromatic heterocycles. The van der Waals surface area contributed by atoms with Crippen LogP contribution in [0.25, 0.3) is 0 Å². The Kier molecular flexibility index (Phi) is 5.21. The summed E-state index contributed by atoms with van der Waals surface area (Å²) in [6.07, 6.45) is 0. The highest BCUT2D eigenvalue weighted by atomic mass is 79.9. The van der Waals surface area contributed by atoms with Gasteiger partial charge in [0.2, 0.25) is 0 Å². The molecule has 0 aliphatic carbocycles. The van der Waals surface area contributed by atoms with Crippen LogP contribution < -0.4 is 10.1 Å². The predicted octanol–water partition coefficient (Wildman–Crippen LogP) is 4.47. The number of halogens is 1. The minimum absolute atomic E-state index is 0.116. The molecule has 106 valence electrons. The summed E-state index contributed by atoms with van der Waals surface area (Å²) < 4.78 is 6.66. The number of aryl methyl sites for hydroxylation is 1. The first-order valence-electron chi connectivity index (χ1n) is 6.80. The summed E-state index contributed by atoms with van der Waals surface area (Å²) >= 11 is 3.71. The van der Waals surface area contributed by atoms with Crippen LogP contribution in [-0.4, -0.2) is 13.7 Å². The van der Waals surface area contributed by atoms with Gasteiger partial charge >= 0.3 is 0 Å². The summed E-state index contributed by atoms with van der Waals surface area (Å²) in [7, 11) is 1.72. The van der Waals surface area contributed by atoms with Crippen LogP contribution in [0, 0.1) is 6.92 Å². The lowest BCUT2D eigenvalue weighted by Crippen LogP contribution is -2.23. The maximum atomic E-state index is 5.51. The molecule has 2 aromatic carbocycles. The third kappa shape index (κ3) is 3.05. The van der Waals surface area contributed by atoms with Crippen LogP contribution in [0.2, 0.25) is 0 Å². The van der Waals surface area contributed by atoms with Gasteiger partial charge in [-0.3, -0.25) is 0 Å². The van der Waals surface area contributed by atoms with Gasteiger partial charge in [-0.05, 0) is 30.7 Å². The summed E-state index contributed by atoms with van der Waals surface area (Å²) in [6, 6.07) is 14.6. The molecule has 0 heterocycles. The van der Waals surface area contributed by atoms with Gasteiger partial charge in [0.1, 0.15) is 5.75 Å². The summed E-state index contributed by atoms with van der Waals surface area (Å²) in [5.41, 5.74) is 3.62. The molecule has 2 nitrogen and oxygen atoms in total. The van der Waals surface area contributed by atoms with Crippen molar-refractivity contribution in [2.24, 2.45) is 0 Å². The van der Waals surface area contributed by atoms with Gasteiger partial charge in [-0.1, -0.05) is 59.3 Å². The molecule has 2 aromatic rings. The van der Waals surface area contributed by atoms with Gasteiger partial charge in [0.05, 0.1) is 13.2 Å². The predicted molar refractivity (Wildman–Crippen MR) is 87.4 cm³/mol. The Bertz CT molecular complexity index is 583. The smallest absolute Gasteiger partial charge is 0.123 e. The molecule has 2 rings (SSSR count). The van der Waals surface area contributed by atoms with E-state index in [1.165, 1.54) is 11.1 Å². The summed E-state index contributed by atoms with van der Waals surface area (Å²) in [5.74, 6) is 0.909. The lowest BCUT2D eigenvalue weighted by atomic mass is 9.96. The first-order chi connectivity index (χ1) is 9.69. The molecular weight excluding hydrogens is 314 g/mol. The van der Waals surface area contributed by atoms with Crippen molar-refractivity contribution in [3.05, 3.63) is 63.6 Å². The van der Waals surface area contributed by atoms with Gasteiger partial charge < -0.3 is 10.1 Å². The lowest BCUT2D eigenvalue weighted by molar-refractivity contribution is 0.404. The fourth-order valence-corrected chi connectivity index (χ4v) is 2.88. The molecule has 0 amide bonds. The summed E-state index contributed by atoms with van der Waals surface area (Å²) in [5, 5.41) is 3.55. The normalized spacial score (nSPS) is 12.2. The third-order valence-corrected chi connectivity index (χ3v) is 4.47. The van der Waals surface area contributed by atoms with Crippen molar-refractivity contribution in [1.82, 2.24) is 5.32 Å². The Morgan fingerprint density at radius 1 is 1.10 bits per heavy atom.